The molecule has 25 heteroatoms. The number of hydrogen-bond donors (Lipinski definition) is 5. The monoisotopic (exact) mass is 887 g/mol. The molecule has 306 valence electrons. The largest absolute Gasteiger partial charge is 0.490 e. The molecule has 20 nitrogen and oxygen atoms in total. The highest BCUT2D eigenvalue weighted by Gasteiger charge is 2.55. The van der Waals surface area contributed by atoms with Gasteiger partial charge in [0.05, 0.1) is 19.1 Å². The van der Waals surface area contributed by atoms with Gasteiger partial charge in [-0.05, 0) is 28.3 Å². The van der Waals surface area contributed by atoms with Crippen molar-refractivity contribution in [3.8, 4) is 0 Å². The van der Waals surface area contributed by atoms with E-state index in [0.717, 1.165) is 28.5 Å². The molecular formula is C32H37N5O15P4S. The summed E-state index contributed by atoms with van der Waals surface area (Å²) in [6.07, 6.45) is -3.06. The number of aromatic nitrogens is 4. The first kappa shape index (κ1) is 42.2. The first-order valence-corrected chi connectivity index (χ1v) is 24.4. The second-order valence-electron chi connectivity index (χ2n) is 12.9. The van der Waals surface area contributed by atoms with Crippen LogP contribution < -0.4 is 5.73 Å². The predicted molar refractivity (Wildman–Crippen MR) is 205 cm³/mol. The van der Waals surface area contributed by atoms with Crippen LogP contribution in [-0.4, -0.2) is 76.1 Å². The van der Waals surface area contributed by atoms with Crippen molar-refractivity contribution in [1.82, 2.24) is 19.5 Å². The lowest BCUT2D eigenvalue weighted by molar-refractivity contribution is -0.149. The number of fused-ring (bicyclic) bond motifs is 3. The molecule has 5 unspecified atom stereocenters. The van der Waals surface area contributed by atoms with Gasteiger partial charge in [-0.1, -0.05) is 91.5 Å². The van der Waals surface area contributed by atoms with E-state index in [2.05, 4.69) is 27.9 Å². The molecule has 6 N–H and O–H groups in total. The molecule has 9 atom stereocenters. The molecule has 4 heterocycles. The lowest BCUT2D eigenvalue weighted by Gasteiger charge is -2.23. The predicted octanol–water partition coefficient (Wildman–Crippen LogP) is 6.07. The third-order valence-electron chi connectivity index (χ3n) is 8.53. The number of nitrogens with zero attached hydrogens (tertiary/aromatic N) is 4. The van der Waals surface area contributed by atoms with Crippen LogP contribution in [-0.2, 0) is 62.5 Å². The molecule has 2 aliphatic heterocycles. The lowest BCUT2D eigenvalue weighted by Crippen LogP contribution is -2.31. The van der Waals surface area contributed by atoms with E-state index in [9.17, 15) is 37.8 Å². The van der Waals surface area contributed by atoms with Gasteiger partial charge in [-0.3, -0.25) is 13.7 Å². The molecule has 3 aromatic carbocycles. The fourth-order valence-corrected chi connectivity index (χ4v) is 12.5. The summed E-state index contributed by atoms with van der Waals surface area (Å²) in [6.45, 7) is 1.19. The Morgan fingerprint density at radius 3 is 2.25 bits per heavy atom. The number of hydrogen-bond acceptors (Lipinski definition) is 16. The van der Waals surface area contributed by atoms with Gasteiger partial charge in [0, 0.05) is 12.2 Å². The molecule has 7 rings (SSSR count). The van der Waals surface area contributed by atoms with Gasteiger partial charge in [-0.15, -0.1) is 0 Å². The van der Waals surface area contributed by atoms with Crippen molar-refractivity contribution in [3.63, 3.8) is 0 Å². The number of thioether (sulfide) groups is 1. The van der Waals surface area contributed by atoms with Gasteiger partial charge in [-0.2, -0.15) is 8.62 Å². The Labute approximate surface area is 329 Å². The summed E-state index contributed by atoms with van der Waals surface area (Å²) in [6, 6.07) is 21.2. The van der Waals surface area contributed by atoms with E-state index in [1.54, 1.807) is 10.6 Å². The number of anilines is 1. The molecule has 57 heavy (non-hydrogen) atoms. The summed E-state index contributed by atoms with van der Waals surface area (Å²) < 4.78 is 88.5. The molecule has 5 aromatic rings. The van der Waals surface area contributed by atoms with Crippen LogP contribution in [0.15, 0.2) is 84.3 Å². The Morgan fingerprint density at radius 2 is 1.49 bits per heavy atom. The molecule has 0 radical (unpaired) electrons. The molecule has 2 aromatic heterocycles. The normalized spacial score (nSPS) is 25.1. The van der Waals surface area contributed by atoms with Crippen molar-refractivity contribution in [2.75, 3.05) is 18.1 Å². The Balaban J connectivity index is 1.07. The average molecular weight is 888 g/mol. The summed E-state index contributed by atoms with van der Waals surface area (Å²) in [4.78, 5) is 54.0. The zero-order valence-corrected chi connectivity index (χ0v) is 34.2. The number of benzene rings is 3. The molecule has 2 aliphatic rings. The third-order valence-corrected chi connectivity index (χ3v) is 16.0. The summed E-state index contributed by atoms with van der Waals surface area (Å²) >= 11 is 1.39. The van der Waals surface area contributed by atoms with E-state index in [1.165, 1.54) is 42.4 Å². The van der Waals surface area contributed by atoms with E-state index in [0.29, 0.717) is 17.2 Å². The van der Waals surface area contributed by atoms with Crippen molar-refractivity contribution >= 4 is 70.6 Å². The maximum absolute atomic E-state index is 13.0. The summed E-state index contributed by atoms with van der Waals surface area (Å²) in [5.74, 6) is 0.861. The zero-order chi connectivity index (χ0) is 40.6. The molecule has 0 amide bonds. The van der Waals surface area contributed by atoms with Crippen LogP contribution in [0.25, 0.3) is 21.9 Å². The van der Waals surface area contributed by atoms with Crippen molar-refractivity contribution in [3.05, 3.63) is 90.3 Å². The second kappa shape index (κ2) is 17.0. The molecule has 0 saturated carbocycles. The van der Waals surface area contributed by atoms with Crippen LogP contribution in [0.5, 0.6) is 0 Å². The standard InChI is InChI=1S/C32H37N5O15P4S/c1-2-14-57-32-35-29(33)26-30(36-32)37(19-34-26)31-28-27(48-25(49-28)16-21-12-13-22-10-6-7-11-23(22)15-21)24(47-31)17-46-54(40,41)51-56(44,45)52-55(42,43)50-53(38,39)18-20-8-4-3-5-9-20/h3-13,15,19,24-25,27-28,31H,2,14,16-18H2,1H3,(H,38,39)(H,40,41)(H,42,43)(H,44,45)(H2,33,35,36)/t24-,25?,27+,28+,31-/m1/s1. The lowest BCUT2D eigenvalue weighted by atomic mass is 10.1. The average Bonchev–Trinajstić information content (AvgIpc) is 3.82. The first-order chi connectivity index (χ1) is 27.0. The van der Waals surface area contributed by atoms with Crippen LogP contribution in [0.1, 0.15) is 30.7 Å². The maximum atomic E-state index is 13.0. The molecular weight excluding hydrogens is 850 g/mol. The first-order valence-electron chi connectivity index (χ1n) is 17.2. The topological polar surface area (TPSA) is 283 Å². The Hall–Kier alpha value is -2.90. The van der Waals surface area contributed by atoms with Gasteiger partial charge in [0.25, 0.3) is 0 Å². The second-order valence-corrected chi connectivity index (χ2v) is 20.6. The van der Waals surface area contributed by atoms with Crippen LogP contribution >= 0.6 is 42.8 Å². The quantitative estimate of drug-likeness (QED) is 0.0402. The van der Waals surface area contributed by atoms with Crippen molar-refractivity contribution in [2.24, 2.45) is 0 Å². The number of nitrogen functional groups attached to an aromatic ring is 1. The number of phosphoric ester groups is 1. The van der Waals surface area contributed by atoms with E-state index in [1.807, 2.05) is 49.4 Å². The summed E-state index contributed by atoms with van der Waals surface area (Å²) in [7, 11) is -22.4. The minimum Gasteiger partial charge on any atom is -0.382 e. The van der Waals surface area contributed by atoms with E-state index < -0.39 is 74.7 Å². The van der Waals surface area contributed by atoms with Gasteiger partial charge in [0.1, 0.15) is 23.8 Å². The van der Waals surface area contributed by atoms with Gasteiger partial charge in [0.15, 0.2) is 29.1 Å². The molecule has 0 spiro atoms. The summed E-state index contributed by atoms with van der Waals surface area (Å²) in [5.41, 5.74) is 7.94. The van der Waals surface area contributed by atoms with Crippen LogP contribution in [0, 0.1) is 0 Å². The molecule has 2 fully saturated rings. The fourth-order valence-electron chi connectivity index (χ4n) is 6.26. The minimum absolute atomic E-state index is 0.134. The number of phosphoric acid groups is 3. The van der Waals surface area contributed by atoms with Crippen molar-refractivity contribution in [1.29, 1.82) is 0 Å². The van der Waals surface area contributed by atoms with Gasteiger partial charge >= 0.3 is 31.1 Å². The van der Waals surface area contributed by atoms with E-state index >= 15 is 0 Å². The Kier molecular flexibility index (Phi) is 12.6. The van der Waals surface area contributed by atoms with E-state index in [-0.39, 0.29) is 16.9 Å². The minimum atomic E-state index is -6.00. The number of rotatable bonds is 17. The van der Waals surface area contributed by atoms with Crippen LogP contribution in [0.3, 0.4) is 0 Å². The van der Waals surface area contributed by atoms with Crippen molar-refractivity contribution < 1.29 is 69.5 Å². The van der Waals surface area contributed by atoms with Crippen LogP contribution in [0.4, 0.5) is 5.82 Å². The smallest absolute Gasteiger partial charge is 0.382 e. The van der Waals surface area contributed by atoms with Gasteiger partial charge < -0.3 is 39.5 Å². The molecule has 0 aliphatic carbocycles. The fraction of sp³-hybridized carbons (Fsp3) is 0.344. The molecule has 2 saturated heterocycles. The highest BCUT2D eigenvalue weighted by molar-refractivity contribution is 7.99. The maximum Gasteiger partial charge on any atom is 0.490 e. The SMILES string of the molecule is CCCSc1nc(N)c2ncn([C@@H]3O[C@H](COP(=O)(O)OP(=O)(O)OP(=O)(O)OP(=O)(O)Cc4ccccc4)[C@@H]4OC(Cc5ccc6ccccc6c5)O[C@@H]43)c2n1. The van der Waals surface area contributed by atoms with Crippen molar-refractivity contribution in [2.45, 2.75) is 61.9 Å². The van der Waals surface area contributed by atoms with Gasteiger partial charge in [-0.25, -0.2) is 33.0 Å². The molecule has 0 bridgehead atoms. The van der Waals surface area contributed by atoms with Crippen LogP contribution in [0.2, 0.25) is 0 Å². The highest BCUT2D eigenvalue weighted by atomic mass is 32.2. The number of imidazole rings is 1. The van der Waals surface area contributed by atoms with Gasteiger partial charge in [0.2, 0.25) is 0 Å². The Bertz CT molecular complexity index is 2450. The van der Waals surface area contributed by atoms with E-state index in [4.69, 9.17) is 24.5 Å². The number of nitrogens with two attached hydrogens (primary N) is 1. The highest BCUT2D eigenvalue weighted by Crippen LogP contribution is 2.71. The zero-order valence-electron chi connectivity index (χ0n) is 29.8. The number of ether oxygens (including phenoxy) is 3. The third kappa shape index (κ3) is 10.5. The Morgan fingerprint density at radius 1 is 0.807 bits per heavy atom. The summed E-state index contributed by atoms with van der Waals surface area (Å²) in [5, 5.41) is 2.45.